The quantitative estimate of drug-likeness (QED) is 0.460. The van der Waals surface area contributed by atoms with Gasteiger partial charge in [0.05, 0.1) is 24.7 Å². The minimum absolute atomic E-state index is 0.0262. The second kappa shape index (κ2) is 12.1. The van der Waals surface area contributed by atoms with Crippen LogP contribution in [-0.2, 0) is 9.59 Å². The summed E-state index contributed by atoms with van der Waals surface area (Å²) in [6, 6.07) is 22.0. The van der Waals surface area contributed by atoms with Crippen LogP contribution in [0.25, 0.3) is 0 Å². The fraction of sp³-hybridized carbons (Fsp3) is 0.367. The molecule has 2 aliphatic heterocycles. The Balaban J connectivity index is 1.28. The van der Waals surface area contributed by atoms with Crippen LogP contribution in [0.4, 0.5) is 11.4 Å². The first-order valence-corrected chi connectivity index (χ1v) is 13.3. The van der Waals surface area contributed by atoms with Crippen LogP contribution in [0.5, 0.6) is 0 Å². The first-order chi connectivity index (χ1) is 18.1. The zero-order chi connectivity index (χ0) is 25.5. The molecule has 2 amide bonds. The normalized spacial score (nSPS) is 16.2. The molecule has 0 bridgehead atoms. The number of carbonyl (C=O) groups is 2. The molecule has 192 valence electrons. The van der Waals surface area contributed by atoms with Crippen molar-refractivity contribution in [3.8, 4) is 0 Å². The van der Waals surface area contributed by atoms with Gasteiger partial charge in [-0.3, -0.25) is 24.4 Å². The van der Waals surface area contributed by atoms with E-state index in [4.69, 9.17) is 0 Å². The van der Waals surface area contributed by atoms with Crippen molar-refractivity contribution in [2.45, 2.75) is 31.6 Å². The molecule has 0 atom stereocenters. The van der Waals surface area contributed by atoms with E-state index in [0.717, 1.165) is 54.4 Å². The van der Waals surface area contributed by atoms with E-state index in [-0.39, 0.29) is 17.7 Å². The molecule has 37 heavy (non-hydrogen) atoms. The summed E-state index contributed by atoms with van der Waals surface area (Å²) < 4.78 is 0. The van der Waals surface area contributed by atoms with Gasteiger partial charge in [0.15, 0.2) is 0 Å². The van der Waals surface area contributed by atoms with E-state index in [1.54, 1.807) is 0 Å². The van der Waals surface area contributed by atoms with Crippen LogP contribution in [-0.4, -0.2) is 65.9 Å². The number of benzene rings is 2. The molecule has 2 N–H and O–H groups in total. The predicted molar refractivity (Wildman–Crippen MR) is 147 cm³/mol. The van der Waals surface area contributed by atoms with Crippen molar-refractivity contribution in [1.29, 1.82) is 0 Å². The standard InChI is InChI=1S/C30H35N5O2/c36-28(21-34-17-3-4-18-34)32-25-12-8-23(9-13-25)30(27-7-1-2-16-31-27)24-10-14-26(15-11-24)33-29(37)22-35-19-5-6-20-35/h1-2,7-16,30H,3-6,17-22H2,(H,32,36)(H,33,37). The first-order valence-electron chi connectivity index (χ1n) is 13.3. The summed E-state index contributed by atoms with van der Waals surface area (Å²) in [6.07, 6.45) is 6.49. The van der Waals surface area contributed by atoms with E-state index in [9.17, 15) is 9.59 Å². The number of aromatic nitrogens is 1. The van der Waals surface area contributed by atoms with Crippen LogP contribution in [0.2, 0.25) is 0 Å². The number of hydrogen-bond donors (Lipinski definition) is 2. The highest BCUT2D eigenvalue weighted by Gasteiger charge is 2.20. The highest BCUT2D eigenvalue weighted by Crippen LogP contribution is 2.32. The van der Waals surface area contributed by atoms with Gasteiger partial charge in [-0.2, -0.15) is 0 Å². The van der Waals surface area contributed by atoms with Gasteiger partial charge in [-0.05, 0) is 99.4 Å². The van der Waals surface area contributed by atoms with Crippen molar-refractivity contribution in [2.24, 2.45) is 0 Å². The zero-order valence-corrected chi connectivity index (χ0v) is 21.2. The van der Waals surface area contributed by atoms with Crippen molar-refractivity contribution in [2.75, 3.05) is 49.9 Å². The molecular formula is C30H35N5O2. The predicted octanol–water partition coefficient (Wildman–Crippen LogP) is 4.33. The average molecular weight is 498 g/mol. The monoisotopic (exact) mass is 497 g/mol. The number of amides is 2. The van der Waals surface area contributed by atoms with Crippen LogP contribution in [0.1, 0.15) is 48.4 Å². The molecule has 0 saturated carbocycles. The fourth-order valence-corrected chi connectivity index (χ4v) is 5.29. The second-order valence-corrected chi connectivity index (χ2v) is 9.99. The van der Waals surface area contributed by atoms with Crippen molar-refractivity contribution in [3.05, 3.63) is 89.7 Å². The molecule has 2 fully saturated rings. The lowest BCUT2D eigenvalue weighted by molar-refractivity contribution is -0.117. The molecule has 2 aromatic carbocycles. The minimum Gasteiger partial charge on any atom is -0.325 e. The Morgan fingerprint density at radius 2 is 1.14 bits per heavy atom. The molecule has 5 rings (SSSR count). The van der Waals surface area contributed by atoms with Crippen molar-refractivity contribution >= 4 is 23.2 Å². The van der Waals surface area contributed by atoms with Crippen molar-refractivity contribution < 1.29 is 9.59 Å². The van der Waals surface area contributed by atoms with E-state index in [1.807, 2.05) is 48.7 Å². The SMILES string of the molecule is O=C(CN1CCCC1)Nc1ccc(C(c2ccc(NC(=O)CN3CCCC3)cc2)c2ccccn2)cc1. The molecule has 3 heterocycles. The second-order valence-electron chi connectivity index (χ2n) is 9.99. The van der Waals surface area contributed by atoms with Gasteiger partial charge in [0.1, 0.15) is 0 Å². The topological polar surface area (TPSA) is 77.6 Å². The highest BCUT2D eigenvalue weighted by atomic mass is 16.2. The third-order valence-corrected chi connectivity index (χ3v) is 7.17. The molecule has 0 spiro atoms. The Hall–Kier alpha value is -3.55. The molecule has 7 nitrogen and oxygen atoms in total. The summed E-state index contributed by atoms with van der Waals surface area (Å²) in [5.41, 5.74) is 4.70. The van der Waals surface area contributed by atoms with Gasteiger partial charge < -0.3 is 10.6 Å². The molecule has 1 aromatic heterocycles. The summed E-state index contributed by atoms with van der Waals surface area (Å²) in [6.45, 7) is 4.88. The van der Waals surface area contributed by atoms with Crippen LogP contribution in [0, 0.1) is 0 Å². The minimum atomic E-state index is -0.0649. The van der Waals surface area contributed by atoms with Gasteiger partial charge in [0.25, 0.3) is 0 Å². The zero-order valence-electron chi connectivity index (χ0n) is 21.2. The molecule has 7 heteroatoms. The molecule has 2 aliphatic rings. The Bertz CT molecular complexity index is 1090. The highest BCUT2D eigenvalue weighted by molar-refractivity contribution is 5.92. The third kappa shape index (κ3) is 6.81. The third-order valence-electron chi connectivity index (χ3n) is 7.17. The number of likely N-dealkylation sites (tertiary alicyclic amines) is 2. The number of nitrogens with zero attached hydrogens (tertiary/aromatic N) is 3. The van der Waals surface area contributed by atoms with Gasteiger partial charge in [-0.25, -0.2) is 0 Å². The first kappa shape index (κ1) is 25.1. The van der Waals surface area contributed by atoms with E-state index >= 15 is 0 Å². The van der Waals surface area contributed by atoms with Crippen LogP contribution >= 0.6 is 0 Å². The van der Waals surface area contributed by atoms with Gasteiger partial charge in [-0.15, -0.1) is 0 Å². The number of anilines is 2. The van der Waals surface area contributed by atoms with Crippen molar-refractivity contribution in [1.82, 2.24) is 14.8 Å². The number of pyridine rings is 1. The fourth-order valence-electron chi connectivity index (χ4n) is 5.29. The maximum absolute atomic E-state index is 12.4. The maximum atomic E-state index is 12.4. The van der Waals surface area contributed by atoms with Gasteiger partial charge in [0, 0.05) is 17.6 Å². The summed E-state index contributed by atoms with van der Waals surface area (Å²) in [5, 5.41) is 6.05. The van der Waals surface area contributed by atoms with Crippen LogP contribution in [0.15, 0.2) is 72.9 Å². The average Bonchev–Trinajstić information content (AvgIpc) is 3.61. The molecule has 0 radical (unpaired) electrons. The Kier molecular flexibility index (Phi) is 8.23. The summed E-state index contributed by atoms with van der Waals surface area (Å²) >= 11 is 0. The molecule has 0 aliphatic carbocycles. The molecule has 3 aromatic rings. The number of carbonyl (C=O) groups excluding carboxylic acids is 2. The van der Waals surface area contributed by atoms with Crippen LogP contribution in [0.3, 0.4) is 0 Å². The van der Waals surface area contributed by atoms with Gasteiger partial charge in [0.2, 0.25) is 11.8 Å². The number of nitrogens with one attached hydrogen (secondary N) is 2. The Morgan fingerprint density at radius 3 is 1.54 bits per heavy atom. The number of rotatable bonds is 9. The largest absolute Gasteiger partial charge is 0.325 e. The lowest BCUT2D eigenvalue weighted by Gasteiger charge is -2.19. The Labute approximate surface area is 218 Å². The van der Waals surface area contributed by atoms with E-state index in [1.165, 1.54) is 25.7 Å². The summed E-state index contributed by atoms with van der Waals surface area (Å²) in [5.74, 6) is -0.0125. The Morgan fingerprint density at radius 1 is 0.676 bits per heavy atom. The smallest absolute Gasteiger partial charge is 0.238 e. The number of hydrogen-bond acceptors (Lipinski definition) is 5. The van der Waals surface area contributed by atoms with Crippen LogP contribution < -0.4 is 10.6 Å². The van der Waals surface area contributed by atoms with E-state index < -0.39 is 0 Å². The summed E-state index contributed by atoms with van der Waals surface area (Å²) in [7, 11) is 0. The summed E-state index contributed by atoms with van der Waals surface area (Å²) in [4.78, 5) is 33.9. The molecule has 2 saturated heterocycles. The lowest BCUT2D eigenvalue weighted by atomic mass is 9.88. The molecular weight excluding hydrogens is 462 g/mol. The lowest BCUT2D eigenvalue weighted by Crippen LogP contribution is -2.30. The molecule has 0 unspecified atom stereocenters. The van der Waals surface area contributed by atoms with E-state index in [0.29, 0.717) is 13.1 Å². The van der Waals surface area contributed by atoms with Gasteiger partial charge >= 0.3 is 0 Å². The maximum Gasteiger partial charge on any atom is 0.238 e. The van der Waals surface area contributed by atoms with Crippen molar-refractivity contribution in [3.63, 3.8) is 0 Å². The van der Waals surface area contributed by atoms with Gasteiger partial charge in [-0.1, -0.05) is 30.3 Å². The van der Waals surface area contributed by atoms with E-state index in [2.05, 4.69) is 49.7 Å².